The second-order valence-corrected chi connectivity index (χ2v) is 7.50. The van der Waals surface area contributed by atoms with E-state index in [0.717, 1.165) is 6.42 Å². The van der Waals surface area contributed by atoms with Crippen LogP contribution in [0.15, 0.2) is 9.81 Å². The van der Waals surface area contributed by atoms with Gasteiger partial charge < -0.3 is 10.5 Å². The summed E-state index contributed by atoms with van der Waals surface area (Å²) in [5.41, 5.74) is 6.23. The van der Waals surface area contributed by atoms with E-state index in [1.165, 1.54) is 30.4 Å². The van der Waals surface area contributed by atoms with E-state index < -0.39 is 10.8 Å². The van der Waals surface area contributed by atoms with Gasteiger partial charge in [-0.3, -0.25) is 4.79 Å². The number of carbonyl (C=O) groups is 2. The highest BCUT2D eigenvalue weighted by Gasteiger charge is 2.40. The van der Waals surface area contributed by atoms with Gasteiger partial charge in [0.2, 0.25) is 0 Å². The molecular weight excluding hydrogens is 270 g/mol. The van der Waals surface area contributed by atoms with Gasteiger partial charge in [0.15, 0.2) is 5.78 Å². The molecular formula is C12H19NO3S2. The third-order valence-electron chi connectivity index (χ3n) is 2.60. The molecule has 1 saturated heterocycles. The van der Waals surface area contributed by atoms with Crippen LogP contribution < -0.4 is 5.73 Å². The van der Waals surface area contributed by atoms with Crippen LogP contribution >= 0.6 is 23.5 Å². The van der Waals surface area contributed by atoms with Crippen molar-refractivity contribution in [2.75, 3.05) is 6.61 Å². The molecule has 1 aliphatic heterocycles. The lowest BCUT2D eigenvalue weighted by atomic mass is 10.2. The molecule has 0 aromatic heterocycles. The van der Waals surface area contributed by atoms with Gasteiger partial charge in [-0.25, -0.2) is 4.79 Å². The first-order valence-corrected chi connectivity index (χ1v) is 7.56. The highest BCUT2D eigenvalue weighted by molar-refractivity contribution is 8.26. The van der Waals surface area contributed by atoms with Crippen molar-refractivity contribution in [1.29, 1.82) is 0 Å². The van der Waals surface area contributed by atoms with Gasteiger partial charge in [0.25, 0.3) is 0 Å². The van der Waals surface area contributed by atoms with E-state index in [9.17, 15) is 9.59 Å². The van der Waals surface area contributed by atoms with Crippen LogP contribution in [0.5, 0.6) is 0 Å². The Bertz CT molecular complexity index is 391. The molecule has 1 aliphatic rings. The van der Waals surface area contributed by atoms with E-state index in [-0.39, 0.29) is 16.6 Å². The molecule has 0 aromatic carbocycles. The average molecular weight is 289 g/mol. The number of thioether (sulfide) groups is 2. The summed E-state index contributed by atoms with van der Waals surface area (Å²) in [7, 11) is 0. The first-order valence-electron chi connectivity index (χ1n) is 5.86. The largest absolute Gasteiger partial charge is 0.462 e. The van der Waals surface area contributed by atoms with Crippen LogP contribution in [-0.4, -0.2) is 28.5 Å². The molecule has 18 heavy (non-hydrogen) atoms. The van der Waals surface area contributed by atoms with E-state index in [1.54, 1.807) is 0 Å². The summed E-state index contributed by atoms with van der Waals surface area (Å²) in [5.74, 6) is -0.805. The fourth-order valence-corrected chi connectivity index (χ4v) is 4.58. The molecule has 4 nitrogen and oxygen atoms in total. The maximum absolute atomic E-state index is 11.9. The van der Waals surface area contributed by atoms with Crippen molar-refractivity contribution in [3.05, 3.63) is 9.81 Å². The summed E-state index contributed by atoms with van der Waals surface area (Å²) >= 11 is 2.84. The van der Waals surface area contributed by atoms with Gasteiger partial charge in [-0.15, -0.1) is 11.8 Å². The van der Waals surface area contributed by atoms with Crippen molar-refractivity contribution in [2.45, 2.75) is 44.2 Å². The van der Waals surface area contributed by atoms with Crippen molar-refractivity contribution in [3.63, 3.8) is 0 Å². The van der Waals surface area contributed by atoms with Crippen LogP contribution in [0.2, 0.25) is 0 Å². The van der Waals surface area contributed by atoms with Gasteiger partial charge in [-0.05, 0) is 20.3 Å². The molecule has 0 bridgehead atoms. The van der Waals surface area contributed by atoms with Crippen LogP contribution in [0.3, 0.4) is 0 Å². The molecule has 0 aliphatic carbocycles. The minimum absolute atomic E-state index is 0.138. The molecule has 0 radical (unpaired) electrons. The predicted molar refractivity (Wildman–Crippen MR) is 76.2 cm³/mol. The summed E-state index contributed by atoms with van der Waals surface area (Å²) < 4.78 is 5.73. The maximum Gasteiger partial charge on any atom is 0.343 e. The maximum atomic E-state index is 11.9. The number of hydrogen-bond donors (Lipinski definition) is 1. The van der Waals surface area contributed by atoms with Crippen molar-refractivity contribution in [3.8, 4) is 0 Å². The monoisotopic (exact) mass is 289 g/mol. The van der Waals surface area contributed by atoms with Crippen molar-refractivity contribution in [2.24, 2.45) is 5.73 Å². The van der Waals surface area contributed by atoms with E-state index in [2.05, 4.69) is 0 Å². The molecule has 2 atom stereocenters. The molecule has 2 unspecified atom stereocenters. The SMILES string of the molecule is CCCOC(=O)C(C(C)=O)=C1SC(C)C(C)(N)S1. The summed E-state index contributed by atoms with van der Waals surface area (Å²) in [4.78, 5) is 23.0. The number of hydrogen-bond acceptors (Lipinski definition) is 6. The van der Waals surface area contributed by atoms with Crippen LogP contribution in [0.4, 0.5) is 0 Å². The molecule has 0 spiro atoms. The number of rotatable bonds is 4. The zero-order valence-electron chi connectivity index (χ0n) is 11.1. The summed E-state index contributed by atoms with van der Waals surface area (Å²) in [6.07, 6.45) is 0.734. The third kappa shape index (κ3) is 3.52. The van der Waals surface area contributed by atoms with E-state index in [0.29, 0.717) is 10.8 Å². The van der Waals surface area contributed by atoms with E-state index in [4.69, 9.17) is 10.5 Å². The molecule has 1 heterocycles. The van der Waals surface area contributed by atoms with Gasteiger partial charge in [0.1, 0.15) is 5.57 Å². The molecule has 0 aromatic rings. The predicted octanol–water partition coefficient (Wildman–Crippen LogP) is 2.28. The molecule has 1 fully saturated rings. The smallest absolute Gasteiger partial charge is 0.343 e. The van der Waals surface area contributed by atoms with Crippen molar-refractivity contribution >= 4 is 35.3 Å². The highest BCUT2D eigenvalue weighted by atomic mass is 32.2. The molecule has 0 amide bonds. The molecule has 1 rings (SSSR count). The van der Waals surface area contributed by atoms with Gasteiger partial charge >= 0.3 is 5.97 Å². The Balaban J connectivity index is 2.99. The van der Waals surface area contributed by atoms with Crippen LogP contribution in [-0.2, 0) is 14.3 Å². The van der Waals surface area contributed by atoms with E-state index >= 15 is 0 Å². The number of Topliss-reactive ketones (excluding diaryl/α,β-unsaturated/α-hetero) is 1. The molecule has 2 N–H and O–H groups in total. The summed E-state index contributed by atoms with van der Waals surface area (Å²) in [6, 6.07) is 0. The highest BCUT2D eigenvalue weighted by Crippen LogP contribution is 2.52. The Labute approximate surface area is 116 Å². The normalized spacial score (nSPS) is 30.2. The fraction of sp³-hybridized carbons (Fsp3) is 0.667. The van der Waals surface area contributed by atoms with Crippen molar-refractivity contribution < 1.29 is 14.3 Å². The average Bonchev–Trinajstić information content (AvgIpc) is 2.49. The van der Waals surface area contributed by atoms with Crippen LogP contribution in [0, 0.1) is 0 Å². The van der Waals surface area contributed by atoms with Gasteiger partial charge in [0, 0.05) is 5.25 Å². The Kier molecular flexibility index (Phi) is 5.31. The number of carbonyl (C=O) groups excluding carboxylic acids is 2. The Morgan fingerprint density at radius 3 is 2.50 bits per heavy atom. The zero-order chi connectivity index (χ0) is 13.9. The Morgan fingerprint density at radius 1 is 1.50 bits per heavy atom. The lowest BCUT2D eigenvalue weighted by Gasteiger charge is -2.19. The second kappa shape index (κ2) is 6.12. The lowest BCUT2D eigenvalue weighted by molar-refractivity contribution is -0.140. The third-order valence-corrected chi connectivity index (χ3v) is 5.73. The Morgan fingerprint density at radius 2 is 2.11 bits per heavy atom. The molecule has 0 saturated carbocycles. The minimum atomic E-state index is -0.538. The van der Waals surface area contributed by atoms with Crippen molar-refractivity contribution in [1.82, 2.24) is 0 Å². The zero-order valence-corrected chi connectivity index (χ0v) is 12.7. The fourth-order valence-electron chi connectivity index (χ4n) is 1.33. The quantitative estimate of drug-likeness (QED) is 0.370. The van der Waals surface area contributed by atoms with Gasteiger partial charge in [-0.1, -0.05) is 25.6 Å². The van der Waals surface area contributed by atoms with Crippen LogP contribution in [0.25, 0.3) is 0 Å². The lowest BCUT2D eigenvalue weighted by Crippen LogP contribution is -2.37. The van der Waals surface area contributed by atoms with Gasteiger partial charge in [0.05, 0.1) is 15.7 Å². The standard InChI is InChI=1S/C12H19NO3S2/c1-5-6-16-10(15)9(7(2)14)11-17-8(3)12(4,13)18-11/h8H,5-6,13H2,1-4H3. The summed E-state index contributed by atoms with van der Waals surface area (Å²) in [6.45, 7) is 7.50. The number of ketones is 1. The topological polar surface area (TPSA) is 69.4 Å². The Hall–Kier alpha value is -0.460. The summed E-state index contributed by atoms with van der Waals surface area (Å²) in [5, 5.41) is 0.144. The molecule has 102 valence electrons. The van der Waals surface area contributed by atoms with Gasteiger partial charge in [-0.2, -0.15) is 0 Å². The molecule has 6 heteroatoms. The second-order valence-electron chi connectivity index (χ2n) is 4.40. The van der Waals surface area contributed by atoms with E-state index in [1.807, 2.05) is 20.8 Å². The first-order chi connectivity index (χ1) is 8.29. The number of ether oxygens (including phenoxy) is 1. The van der Waals surface area contributed by atoms with Crippen LogP contribution in [0.1, 0.15) is 34.1 Å². The number of nitrogens with two attached hydrogens (primary N) is 1. The number of esters is 1. The first kappa shape index (κ1) is 15.6. The minimum Gasteiger partial charge on any atom is -0.462 e.